The molecule has 0 radical (unpaired) electrons. The van der Waals surface area contributed by atoms with E-state index in [0.29, 0.717) is 11.8 Å². The van der Waals surface area contributed by atoms with Gasteiger partial charge in [-0.1, -0.05) is 34.1 Å². The minimum absolute atomic E-state index is 0.229. The molecule has 0 spiro atoms. The van der Waals surface area contributed by atoms with Gasteiger partial charge in [0.05, 0.1) is 0 Å². The summed E-state index contributed by atoms with van der Waals surface area (Å²) >= 11 is 0. The third kappa shape index (κ3) is 8.55. The summed E-state index contributed by atoms with van der Waals surface area (Å²) in [5.41, 5.74) is -0.445. The standard InChI is InChI=1S/C22H45NO3Si/c1-10-11-19(23-20(24)26-21(2,3)4)18-14-12-17(13-15-18)16-25-27(8,9)22(5,6)7/h17-19H,10-16H2,1-9H3,(H,23,24)/t17?,18?,19-/m1/s1. The fourth-order valence-electron chi connectivity index (χ4n) is 3.50. The average molecular weight is 400 g/mol. The van der Waals surface area contributed by atoms with E-state index < -0.39 is 13.9 Å². The smallest absolute Gasteiger partial charge is 0.407 e. The van der Waals surface area contributed by atoms with E-state index in [4.69, 9.17) is 9.16 Å². The maximum Gasteiger partial charge on any atom is 0.407 e. The van der Waals surface area contributed by atoms with Gasteiger partial charge in [0.25, 0.3) is 0 Å². The minimum Gasteiger partial charge on any atom is -0.444 e. The van der Waals surface area contributed by atoms with E-state index in [2.05, 4.69) is 46.1 Å². The van der Waals surface area contributed by atoms with E-state index in [1.165, 1.54) is 25.7 Å². The van der Waals surface area contributed by atoms with Crippen LogP contribution in [0.3, 0.4) is 0 Å². The van der Waals surface area contributed by atoms with Crippen molar-refractivity contribution in [2.75, 3.05) is 6.61 Å². The molecule has 1 atom stereocenters. The number of hydrogen-bond donors (Lipinski definition) is 1. The number of carbonyl (C=O) groups is 1. The van der Waals surface area contributed by atoms with Gasteiger partial charge in [0.15, 0.2) is 8.32 Å². The molecule has 5 heteroatoms. The molecule has 0 aliphatic heterocycles. The van der Waals surface area contributed by atoms with Gasteiger partial charge in [0.2, 0.25) is 0 Å². The molecule has 1 saturated carbocycles. The van der Waals surface area contributed by atoms with Gasteiger partial charge in [-0.2, -0.15) is 0 Å². The van der Waals surface area contributed by atoms with Crippen LogP contribution in [-0.2, 0) is 9.16 Å². The van der Waals surface area contributed by atoms with Crippen LogP contribution >= 0.6 is 0 Å². The summed E-state index contributed by atoms with van der Waals surface area (Å²) in [6.45, 7) is 20.4. The molecule has 0 aromatic heterocycles. The number of nitrogens with one attached hydrogen (secondary N) is 1. The van der Waals surface area contributed by atoms with Crippen molar-refractivity contribution in [3.8, 4) is 0 Å². The first-order valence-electron chi connectivity index (χ1n) is 10.9. The van der Waals surface area contributed by atoms with Crippen molar-refractivity contribution in [3.05, 3.63) is 0 Å². The van der Waals surface area contributed by atoms with Crippen molar-refractivity contribution in [3.63, 3.8) is 0 Å². The van der Waals surface area contributed by atoms with Crippen molar-refractivity contribution < 1.29 is 14.0 Å². The zero-order valence-corrected chi connectivity index (χ0v) is 20.4. The Morgan fingerprint density at radius 3 is 2.07 bits per heavy atom. The van der Waals surface area contributed by atoms with Crippen molar-refractivity contribution in [1.29, 1.82) is 0 Å². The zero-order valence-electron chi connectivity index (χ0n) is 19.4. The number of alkyl carbamates (subject to hydrolysis) is 1. The Morgan fingerprint density at radius 2 is 1.63 bits per heavy atom. The molecule has 1 N–H and O–H groups in total. The second kappa shape index (κ2) is 9.77. The number of amides is 1. The van der Waals surface area contributed by atoms with Crippen LogP contribution in [0.4, 0.5) is 4.79 Å². The fourth-order valence-corrected chi connectivity index (χ4v) is 4.58. The Bertz CT molecular complexity index is 457. The molecule has 0 aromatic carbocycles. The van der Waals surface area contributed by atoms with Gasteiger partial charge < -0.3 is 14.5 Å². The quantitative estimate of drug-likeness (QED) is 0.496. The SMILES string of the molecule is CCC[C@@H](NC(=O)OC(C)(C)C)C1CCC(CO[Si](C)(C)C(C)(C)C)CC1. The molecular weight excluding hydrogens is 354 g/mol. The third-order valence-corrected chi connectivity index (χ3v) is 10.7. The van der Waals surface area contributed by atoms with Crippen LogP contribution in [0.2, 0.25) is 18.1 Å². The summed E-state index contributed by atoms with van der Waals surface area (Å²) in [6.07, 6.45) is 6.58. The predicted molar refractivity (Wildman–Crippen MR) is 117 cm³/mol. The molecule has 0 heterocycles. The highest BCUT2D eigenvalue weighted by Gasteiger charge is 2.38. The molecule has 27 heavy (non-hydrogen) atoms. The van der Waals surface area contributed by atoms with Crippen LogP contribution in [0.15, 0.2) is 0 Å². The van der Waals surface area contributed by atoms with Gasteiger partial charge in [0.1, 0.15) is 5.60 Å². The zero-order chi connectivity index (χ0) is 20.9. The van der Waals surface area contributed by atoms with Crippen molar-refractivity contribution in [2.24, 2.45) is 11.8 Å². The predicted octanol–water partition coefficient (Wildman–Crippen LogP) is 6.51. The van der Waals surface area contributed by atoms with E-state index in [9.17, 15) is 4.79 Å². The maximum absolute atomic E-state index is 12.2. The Kier molecular flexibility index (Phi) is 8.86. The van der Waals surface area contributed by atoms with Crippen LogP contribution in [0.1, 0.15) is 87.0 Å². The first kappa shape index (κ1) is 24.5. The summed E-state index contributed by atoms with van der Waals surface area (Å²) in [5.74, 6) is 1.22. The molecule has 1 amide bonds. The number of hydrogen-bond acceptors (Lipinski definition) is 3. The van der Waals surface area contributed by atoms with Crippen molar-refractivity contribution in [2.45, 2.75) is 117 Å². The summed E-state index contributed by atoms with van der Waals surface area (Å²) < 4.78 is 11.9. The van der Waals surface area contributed by atoms with Gasteiger partial charge in [-0.15, -0.1) is 0 Å². The lowest BCUT2D eigenvalue weighted by atomic mass is 9.78. The first-order chi connectivity index (χ1) is 12.2. The summed E-state index contributed by atoms with van der Waals surface area (Å²) in [7, 11) is -1.66. The minimum atomic E-state index is -1.66. The summed E-state index contributed by atoms with van der Waals surface area (Å²) in [6, 6.07) is 0.229. The summed E-state index contributed by atoms with van der Waals surface area (Å²) in [4.78, 5) is 12.2. The van der Waals surface area contributed by atoms with Gasteiger partial charge in [-0.25, -0.2) is 4.79 Å². The van der Waals surface area contributed by atoms with Gasteiger partial charge >= 0.3 is 6.09 Å². The monoisotopic (exact) mass is 399 g/mol. The van der Waals surface area contributed by atoms with Gasteiger partial charge in [-0.05, 0) is 82.8 Å². The van der Waals surface area contributed by atoms with Crippen LogP contribution in [-0.4, -0.2) is 32.7 Å². The first-order valence-corrected chi connectivity index (χ1v) is 13.8. The highest BCUT2D eigenvalue weighted by molar-refractivity contribution is 6.74. The van der Waals surface area contributed by atoms with Crippen LogP contribution in [0, 0.1) is 11.8 Å². The molecule has 1 aliphatic rings. The largest absolute Gasteiger partial charge is 0.444 e. The second-order valence-corrected chi connectivity index (χ2v) is 15.7. The van der Waals surface area contributed by atoms with Gasteiger partial charge in [-0.3, -0.25) is 0 Å². The molecule has 160 valence electrons. The van der Waals surface area contributed by atoms with E-state index >= 15 is 0 Å². The molecule has 0 saturated heterocycles. The topological polar surface area (TPSA) is 47.6 Å². The van der Waals surface area contributed by atoms with Crippen LogP contribution in [0.5, 0.6) is 0 Å². The van der Waals surface area contributed by atoms with Gasteiger partial charge in [0, 0.05) is 12.6 Å². The molecule has 1 rings (SSSR count). The lowest BCUT2D eigenvalue weighted by Gasteiger charge is -2.39. The fraction of sp³-hybridized carbons (Fsp3) is 0.955. The second-order valence-electron chi connectivity index (χ2n) is 10.9. The molecule has 1 aliphatic carbocycles. The third-order valence-electron chi connectivity index (χ3n) is 6.25. The Morgan fingerprint density at radius 1 is 1.07 bits per heavy atom. The molecule has 4 nitrogen and oxygen atoms in total. The van der Waals surface area contributed by atoms with Crippen molar-refractivity contribution >= 4 is 14.4 Å². The molecule has 1 fully saturated rings. The highest BCUT2D eigenvalue weighted by atomic mass is 28.4. The molecule has 0 bridgehead atoms. The highest BCUT2D eigenvalue weighted by Crippen LogP contribution is 2.38. The molecule has 0 unspecified atom stereocenters. The Hall–Kier alpha value is -0.553. The summed E-state index contributed by atoms with van der Waals surface area (Å²) in [5, 5.41) is 3.42. The Balaban J connectivity index is 2.51. The molecule has 0 aromatic rings. The van der Waals surface area contributed by atoms with E-state index in [1.807, 2.05) is 20.8 Å². The number of carbonyl (C=O) groups excluding carboxylic acids is 1. The van der Waals surface area contributed by atoms with Crippen molar-refractivity contribution in [1.82, 2.24) is 5.32 Å². The van der Waals surface area contributed by atoms with Crippen LogP contribution in [0.25, 0.3) is 0 Å². The lowest BCUT2D eigenvalue weighted by Crippen LogP contribution is -2.45. The molecular formula is C22H45NO3Si. The van der Waals surface area contributed by atoms with E-state index in [1.54, 1.807) is 0 Å². The lowest BCUT2D eigenvalue weighted by molar-refractivity contribution is 0.0463. The maximum atomic E-state index is 12.2. The number of rotatable bonds is 7. The van der Waals surface area contributed by atoms with E-state index in [0.717, 1.165) is 19.4 Å². The average Bonchev–Trinajstić information content (AvgIpc) is 2.50. The number of ether oxygens (including phenoxy) is 1. The Labute approximate surface area is 169 Å². The van der Waals surface area contributed by atoms with Crippen LogP contribution < -0.4 is 5.32 Å². The normalized spacial score (nSPS) is 23.0. The van der Waals surface area contributed by atoms with E-state index in [-0.39, 0.29) is 17.2 Å².